The predicted molar refractivity (Wildman–Crippen MR) is 125 cm³/mol. The molecule has 34 heavy (non-hydrogen) atoms. The lowest BCUT2D eigenvalue weighted by atomic mass is 9.99. The van der Waals surface area contributed by atoms with Gasteiger partial charge in [-0.25, -0.2) is 0 Å². The van der Waals surface area contributed by atoms with Crippen LogP contribution in [0.4, 0.5) is 5.69 Å². The smallest absolute Gasteiger partial charge is 0.300 e. The molecular weight excluding hydrogens is 438 g/mol. The van der Waals surface area contributed by atoms with Gasteiger partial charge in [-0.15, -0.1) is 0 Å². The number of aliphatic hydroxyl groups excluding tert-OH is 1. The maximum absolute atomic E-state index is 13.2. The van der Waals surface area contributed by atoms with Gasteiger partial charge in [0.15, 0.2) is 11.5 Å². The van der Waals surface area contributed by atoms with E-state index in [9.17, 15) is 14.7 Å². The number of amides is 1. The molecule has 1 aliphatic heterocycles. The Morgan fingerprint density at radius 2 is 1.76 bits per heavy atom. The van der Waals surface area contributed by atoms with E-state index in [1.54, 1.807) is 54.6 Å². The molecule has 4 rings (SSSR count). The fraction of sp³-hybridized carbons (Fsp3) is 0.231. The quantitative estimate of drug-likeness (QED) is 0.308. The number of furan rings is 1. The van der Waals surface area contributed by atoms with Crippen molar-refractivity contribution in [1.29, 1.82) is 0 Å². The third-order valence-corrected chi connectivity index (χ3v) is 5.38. The monoisotopic (exact) mass is 463 g/mol. The van der Waals surface area contributed by atoms with Gasteiger partial charge in [-0.1, -0.05) is 12.1 Å². The van der Waals surface area contributed by atoms with Crippen LogP contribution in [-0.4, -0.2) is 37.1 Å². The Labute approximate surface area is 197 Å². The zero-order valence-corrected chi connectivity index (χ0v) is 19.3. The van der Waals surface area contributed by atoms with E-state index in [1.165, 1.54) is 25.4 Å². The molecule has 1 aliphatic rings. The van der Waals surface area contributed by atoms with Crippen molar-refractivity contribution in [3.05, 3.63) is 77.8 Å². The lowest BCUT2D eigenvalue weighted by molar-refractivity contribution is -0.132. The number of benzene rings is 2. The van der Waals surface area contributed by atoms with Gasteiger partial charge in [0.25, 0.3) is 11.7 Å². The molecule has 0 saturated carbocycles. The van der Waals surface area contributed by atoms with Crippen molar-refractivity contribution in [1.82, 2.24) is 0 Å². The van der Waals surface area contributed by atoms with Gasteiger partial charge >= 0.3 is 0 Å². The fourth-order valence-corrected chi connectivity index (χ4v) is 3.93. The first-order valence-electron chi connectivity index (χ1n) is 10.7. The Balaban J connectivity index is 1.87. The van der Waals surface area contributed by atoms with Crippen LogP contribution in [0.3, 0.4) is 0 Å². The number of carbonyl (C=O) groups excluding carboxylic acids is 2. The molecule has 1 amide bonds. The van der Waals surface area contributed by atoms with Gasteiger partial charge in [0.1, 0.15) is 23.3 Å². The number of ether oxygens (including phenoxy) is 3. The molecule has 1 saturated heterocycles. The first kappa shape index (κ1) is 23.0. The van der Waals surface area contributed by atoms with Crippen molar-refractivity contribution in [2.75, 3.05) is 19.1 Å². The number of ketones is 1. The largest absolute Gasteiger partial charge is 0.507 e. The summed E-state index contributed by atoms with van der Waals surface area (Å²) in [7, 11) is 2.98. The number of hydrogen-bond acceptors (Lipinski definition) is 7. The van der Waals surface area contributed by atoms with Crippen LogP contribution in [0.2, 0.25) is 0 Å². The SMILES string of the molecule is COc1ccc(N2C(=O)C(=O)/C(=C(\O)c3cccc(OC(C)C)c3)C2c2ccco2)cc1OC. The summed E-state index contributed by atoms with van der Waals surface area (Å²) in [5.74, 6) is -0.239. The second-order valence-electron chi connectivity index (χ2n) is 7.92. The maximum atomic E-state index is 13.2. The number of carbonyl (C=O) groups is 2. The van der Waals surface area contributed by atoms with E-state index in [4.69, 9.17) is 18.6 Å². The molecule has 176 valence electrons. The molecule has 2 heterocycles. The van der Waals surface area contributed by atoms with E-state index in [2.05, 4.69) is 0 Å². The highest BCUT2D eigenvalue weighted by molar-refractivity contribution is 6.51. The van der Waals surface area contributed by atoms with Crippen molar-refractivity contribution in [2.24, 2.45) is 0 Å². The highest BCUT2D eigenvalue weighted by Crippen LogP contribution is 2.44. The Kier molecular flexibility index (Phi) is 6.32. The maximum Gasteiger partial charge on any atom is 0.300 e. The van der Waals surface area contributed by atoms with E-state index in [0.29, 0.717) is 34.3 Å². The highest BCUT2D eigenvalue weighted by Gasteiger charge is 2.48. The minimum absolute atomic E-state index is 0.0730. The Hall–Kier alpha value is -4.20. The van der Waals surface area contributed by atoms with Crippen LogP contribution >= 0.6 is 0 Å². The van der Waals surface area contributed by atoms with Crippen LogP contribution < -0.4 is 19.1 Å². The minimum Gasteiger partial charge on any atom is -0.507 e. The van der Waals surface area contributed by atoms with Crippen LogP contribution in [0.25, 0.3) is 5.76 Å². The first-order valence-corrected chi connectivity index (χ1v) is 10.7. The molecule has 1 atom stereocenters. The van der Waals surface area contributed by atoms with Gasteiger partial charge in [0, 0.05) is 17.3 Å². The number of nitrogens with zero attached hydrogens (tertiary/aromatic N) is 1. The molecule has 2 aromatic carbocycles. The molecule has 0 radical (unpaired) electrons. The summed E-state index contributed by atoms with van der Waals surface area (Å²) in [6, 6.07) is 13.9. The average Bonchev–Trinajstić information content (AvgIpc) is 3.45. The van der Waals surface area contributed by atoms with Gasteiger partial charge in [0.05, 0.1) is 32.2 Å². The molecule has 8 heteroatoms. The summed E-state index contributed by atoms with van der Waals surface area (Å²) < 4.78 is 21.9. The zero-order valence-electron chi connectivity index (χ0n) is 19.3. The van der Waals surface area contributed by atoms with Crippen molar-refractivity contribution >= 4 is 23.1 Å². The standard InChI is InChI=1S/C26H25NO7/c1-15(2)34-18-8-5-7-16(13-18)24(28)22-23(20-9-6-12-33-20)27(26(30)25(22)29)17-10-11-19(31-3)21(14-17)32-4/h5-15,23,28H,1-4H3/b24-22-. The van der Waals surface area contributed by atoms with Crippen molar-refractivity contribution in [2.45, 2.75) is 26.0 Å². The number of rotatable bonds is 7. The minimum atomic E-state index is -0.984. The van der Waals surface area contributed by atoms with Gasteiger partial charge in [-0.05, 0) is 50.2 Å². The van der Waals surface area contributed by atoms with Gasteiger partial charge in [0.2, 0.25) is 0 Å². The van der Waals surface area contributed by atoms with Crippen LogP contribution in [0.1, 0.15) is 31.2 Å². The molecule has 1 fully saturated rings. The van der Waals surface area contributed by atoms with Crippen molar-refractivity contribution < 1.29 is 33.3 Å². The third kappa shape index (κ3) is 4.10. The van der Waals surface area contributed by atoms with Gasteiger partial charge < -0.3 is 23.7 Å². The van der Waals surface area contributed by atoms with E-state index in [1.807, 2.05) is 13.8 Å². The highest BCUT2D eigenvalue weighted by atomic mass is 16.5. The molecule has 0 aliphatic carbocycles. The predicted octanol–water partition coefficient (Wildman–Crippen LogP) is 4.71. The molecule has 1 N–H and O–H groups in total. The summed E-state index contributed by atoms with van der Waals surface area (Å²) in [5, 5.41) is 11.2. The Morgan fingerprint density at radius 3 is 2.41 bits per heavy atom. The molecule has 1 unspecified atom stereocenters. The van der Waals surface area contributed by atoms with Gasteiger partial charge in [-0.3, -0.25) is 14.5 Å². The van der Waals surface area contributed by atoms with Crippen LogP contribution in [0.5, 0.6) is 17.2 Å². The lowest BCUT2D eigenvalue weighted by Crippen LogP contribution is -2.29. The van der Waals surface area contributed by atoms with E-state index in [-0.39, 0.29) is 17.4 Å². The number of methoxy groups -OCH3 is 2. The van der Waals surface area contributed by atoms with E-state index in [0.717, 1.165) is 0 Å². The molecule has 0 bridgehead atoms. The summed E-state index contributed by atoms with van der Waals surface area (Å²) >= 11 is 0. The normalized spacial score (nSPS) is 17.3. The number of anilines is 1. The summed E-state index contributed by atoms with van der Waals surface area (Å²) in [6.45, 7) is 3.77. The van der Waals surface area contributed by atoms with Crippen LogP contribution in [0, 0.1) is 0 Å². The molecule has 8 nitrogen and oxygen atoms in total. The number of hydrogen-bond donors (Lipinski definition) is 1. The number of Topliss-reactive ketones (excluding diaryl/α,β-unsaturated/α-hetero) is 1. The van der Waals surface area contributed by atoms with E-state index >= 15 is 0 Å². The molecular formula is C26H25NO7. The first-order chi connectivity index (χ1) is 16.3. The lowest BCUT2D eigenvalue weighted by Gasteiger charge is -2.24. The second-order valence-corrected chi connectivity index (χ2v) is 7.92. The van der Waals surface area contributed by atoms with Crippen LogP contribution in [-0.2, 0) is 9.59 Å². The summed E-state index contributed by atoms with van der Waals surface area (Å²) in [5.41, 5.74) is 0.647. The Bertz CT molecular complexity index is 1240. The molecule has 0 spiro atoms. The van der Waals surface area contributed by atoms with Crippen LogP contribution in [0.15, 0.2) is 70.9 Å². The average molecular weight is 463 g/mol. The molecule has 1 aromatic heterocycles. The van der Waals surface area contributed by atoms with Gasteiger partial charge in [-0.2, -0.15) is 0 Å². The number of aliphatic hydroxyl groups is 1. The van der Waals surface area contributed by atoms with E-state index < -0.39 is 17.7 Å². The van der Waals surface area contributed by atoms with Crippen molar-refractivity contribution in [3.63, 3.8) is 0 Å². The Morgan fingerprint density at radius 1 is 1.00 bits per heavy atom. The van der Waals surface area contributed by atoms with Crippen molar-refractivity contribution in [3.8, 4) is 17.2 Å². The second kappa shape index (κ2) is 9.35. The summed E-state index contributed by atoms with van der Waals surface area (Å²) in [6.07, 6.45) is 1.37. The zero-order chi connectivity index (χ0) is 24.4. The summed E-state index contributed by atoms with van der Waals surface area (Å²) in [4.78, 5) is 27.7. The molecule has 3 aromatic rings. The topological polar surface area (TPSA) is 98.4 Å². The third-order valence-electron chi connectivity index (χ3n) is 5.38. The fourth-order valence-electron chi connectivity index (χ4n) is 3.93.